The van der Waals surface area contributed by atoms with Crippen LogP contribution in [0.15, 0.2) is 46.2 Å². The van der Waals surface area contributed by atoms with Gasteiger partial charge in [-0.25, -0.2) is 9.78 Å². The molecular formula is C32H38F3N5O. The van der Waals surface area contributed by atoms with Gasteiger partial charge in [-0.15, -0.1) is 0 Å². The van der Waals surface area contributed by atoms with E-state index in [-0.39, 0.29) is 11.1 Å². The van der Waals surface area contributed by atoms with Crippen molar-refractivity contribution in [2.75, 3.05) is 0 Å². The Morgan fingerprint density at radius 2 is 1.98 bits per heavy atom. The first-order valence-corrected chi connectivity index (χ1v) is 14.4. The van der Waals surface area contributed by atoms with E-state index in [2.05, 4.69) is 54.0 Å². The molecular weight excluding hydrogens is 527 g/mol. The summed E-state index contributed by atoms with van der Waals surface area (Å²) < 4.78 is 42.1. The van der Waals surface area contributed by atoms with Crippen molar-refractivity contribution in [2.45, 2.75) is 84.5 Å². The predicted molar refractivity (Wildman–Crippen MR) is 155 cm³/mol. The number of H-pyrrole nitrogens is 2. The number of imidazole rings is 1. The van der Waals surface area contributed by atoms with E-state index in [4.69, 9.17) is 9.98 Å². The van der Waals surface area contributed by atoms with Gasteiger partial charge in [0.1, 0.15) is 11.3 Å². The summed E-state index contributed by atoms with van der Waals surface area (Å²) in [4.78, 5) is 27.6. The molecule has 9 heteroatoms. The first-order chi connectivity index (χ1) is 19.4. The fourth-order valence-electron chi connectivity index (χ4n) is 5.42. The van der Waals surface area contributed by atoms with Crippen molar-refractivity contribution in [1.82, 2.24) is 19.5 Å². The van der Waals surface area contributed by atoms with Crippen LogP contribution >= 0.6 is 0 Å². The smallest absolute Gasteiger partial charge is 0.311 e. The Morgan fingerprint density at radius 3 is 2.63 bits per heavy atom. The van der Waals surface area contributed by atoms with E-state index in [1.807, 2.05) is 6.08 Å². The van der Waals surface area contributed by atoms with Gasteiger partial charge >= 0.3 is 11.9 Å². The summed E-state index contributed by atoms with van der Waals surface area (Å²) in [5, 5.41) is 1.14. The second kappa shape index (κ2) is 11.3. The Balaban J connectivity index is 1.50. The van der Waals surface area contributed by atoms with Gasteiger partial charge in [0.25, 0.3) is 0 Å². The maximum Gasteiger partial charge on any atom is 0.416 e. The summed E-state index contributed by atoms with van der Waals surface area (Å²) in [6.07, 6.45) is 5.68. The number of alkyl halides is 3. The van der Waals surface area contributed by atoms with E-state index in [0.29, 0.717) is 41.1 Å². The summed E-state index contributed by atoms with van der Waals surface area (Å²) in [5.41, 5.74) is 2.31. The first kappa shape index (κ1) is 28.9. The number of nitrogens with one attached hydrogen (secondary N) is 2. The molecule has 2 unspecified atom stereocenters. The lowest BCUT2D eigenvalue weighted by molar-refractivity contribution is -0.137. The zero-order chi connectivity index (χ0) is 29.4. The number of aromatic nitrogens is 4. The third-order valence-electron chi connectivity index (χ3n) is 8.33. The summed E-state index contributed by atoms with van der Waals surface area (Å²) in [5.74, 6) is 1.11. The average molecular weight is 566 g/mol. The predicted octanol–water partition coefficient (Wildman–Crippen LogP) is 4.89. The molecule has 2 aliphatic rings. The maximum atomic E-state index is 13.3. The molecule has 2 N–H and O–H groups in total. The van der Waals surface area contributed by atoms with Crippen molar-refractivity contribution in [1.29, 1.82) is 0 Å². The van der Waals surface area contributed by atoms with E-state index in [1.54, 1.807) is 6.07 Å². The van der Waals surface area contributed by atoms with Crippen LogP contribution in [0.2, 0.25) is 0 Å². The van der Waals surface area contributed by atoms with E-state index in [1.165, 1.54) is 12.1 Å². The topological polar surface area (TPSA) is 78.8 Å². The maximum absolute atomic E-state index is 13.3. The quantitative estimate of drug-likeness (QED) is 0.408. The minimum atomic E-state index is -4.36. The zero-order valence-corrected chi connectivity index (χ0v) is 23.9. The summed E-state index contributed by atoms with van der Waals surface area (Å²) in [6.45, 7) is 11.1. The number of hydrogen-bond donors (Lipinski definition) is 2. The molecule has 1 fully saturated rings. The molecule has 1 saturated carbocycles. The first-order valence-electron chi connectivity index (χ1n) is 14.4. The zero-order valence-electron chi connectivity index (χ0n) is 23.9. The third kappa shape index (κ3) is 7.00. The van der Waals surface area contributed by atoms with Crippen LogP contribution in [0.4, 0.5) is 13.2 Å². The second-order valence-corrected chi connectivity index (χ2v) is 12.0. The van der Waals surface area contributed by atoms with Gasteiger partial charge in [-0.3, -0.25) is 4.99 Å². The number of benzene rings is 1. The van der Waals surface area contributed by atoms with Crippen molar-refractivity contribution in [3.05, 3.63) is 85.7 Å². The Bertz CT molecular complexity index is 1690. The molecule has 0 radical (unpaired) electrons. The minimum Gasteiger partial charge on any atom is -0.311 e. The van der Waals surface area contributed by atoms with E-state index >= 15 is 0 Å². The SMILES string of the molecule is C=c1[nH]c(=O)[nH]/c1=C\C1=CC(C)CCn2c1nc(CCC(C)(CC)Cc1cccc(C(F)(F)F)c1)cc2=NC1CC1. The van der Waals surface area contributed by atoms with Crippen LogP contribution in [0, 0.1) is 11.3 Å². The molecule has 1 aromatic carbocycles. The van der Waals surface area contributed by atoms with Crippen LogP contribution in [0.3, 0.4) is 0 Å². The third-order valence-corrected chi connectivity index (χ3v) is 8.33. The summed E-state index contributed by atoms with van der Waals surface area (Å²) in [7, 11) is 0. The number of nitrogens with zero attached hydrogens (tertiary/aromatic N) is 3. The van der Waals surface area contributed by atoms with Gasteiger partial charge in [0.2, 0.25) is 0 Å². The van der Waals surface area contributed by atoms with Crippen LogP contribution in [0.5, 0.6) is 0 Å². The van der Waals surface area contributed by atoms with E-state index in [9.17, 15) is 18.0 Å². The molecule has 2 atom stereocenters. The molecule has 1 aliphatic carbocycles. The lowest BCUT2D eigenvalue weighted by atomic mass is 9.77. The largest absolute Gasteiger partial charge is 0.416 e. The standard InChI is InChI=1S/C32H38F3N5O/c1-5-31(4,19-22-7-6-8-24(16-22)32(33,34)35)13-11-26-18-28(37-25-9-10-25)40-14-12-20(2)15-23(29(40)38-26)17-27-21(3)36-30(41)39-27/h6-8,15-18,20,25H,3,5,9-14,19H2,1-2,4H3,(H2,36,39,41)/b27-17-,37-28?. The molecule has 3 heterocycles. The lowest BCUT2D eigenvalue weighted by Gasteiger charge is -2.29. The fourth-order valence-corrected chi connectivity index (χ4v) is 5.42. The number of halogens is 3. The van der Waals surface area contributed by atoms with Gasteiger partial charge < -0.3 is 14.5 Å². The molecule has 0 amide bonds. The number of aromatic amines is 2. The molecule has 3 aromatic rings. The Hall–Kier alpha value is -3.62. The number of aryl methyl sites for hydroxylation is 1. The fraction of sp³-hybridized carbons (Fsp3) is 0.469. The Labute approximate surface area is 237 Å². The molecule has 1 aliphatic heterocycles. The molecule has 6 nitrogen and oxygen atoms in total. The van der Waals surface area contributed by atoms with Gasteiger partial charge in [-0.2, -0.15) is 13.2 Å². The van der Waals surface area contributed by atoms with Crippen LogP contribution in [-0.2, 0) is 25.6 Å². The normalized spacial score (nSPS) is 20.0. The van der Waals surface area contributed by atoms with Gasteiger partial charge in [0.05, 0.1) is 22.3 Å². The number of rotatable bonds is 8. The summed E-state index contributed by atoms with van der Waals surface area (Å²) in [6, 6.07) is 8.08. The highest BCUT2D eigenvalue weighted by Gasteiger charge is 2.31. The highest BCUT2D eigenvalue weighted by atomic mass is 19.4. The molecule has 0 saturated heterocycles. The van der Waals surface area contributed by atoms with Crippen LogP contribution in [0.1, 0.15) is 75.5 Å². The molecule has 5 rings (SSSR count). The monoisotopic (exact) mass is 565 g/mol. The van der Waals surface area contributed by atoms with Crippen molar-refractivity contribution < 1.29 is 13.2 Å². The number of allylic oxidation sites excluding steroid dienone is 2. The molecule has 0 bridgehead atoms. The van der Waals surface area contributed by atoms with E-state index in [0.717, 1.165) is 67.3 Å². The minimum absolute atomic E-state index is 0.202. The van der Waals surface area contributed by atoms with Crippen molar-refractivity contribution >= 4 is 18.2 Å². The number of hydrogen-bond acceptors (Lipinski definition) is 3. The van der Waals surface area contributed by atoms with Gasteiger partial charge in [-0.1, -0.05) is 58.0 Å². The van der Waals surface area contributed by atoms with Gasteiger partial charge in [-0.05, 0) is 67.6 Å². The molecule has 2 aromatic heterocycles. The van der Waals surface area contributed by atoms with Crippen molar-refractivity contribution in [3.8, 4) is 0 Å². The Morgan fingerprint density at radius 1 is 1.20 bits per heavy atom. The van der Waals surface area contributed by atoms with Gasteiger partial charge in [0, 0.05) is 23.9 Å². The van der Waals surface area contributed by atoms with Crippen LogP contribution in [0.25, 0.3) is 18.2 Å². The average Bonchev–Trinajstić information content (AvgIpc) is 3.69. The van der Waals surface area contributed by atoms with E-state index < -0.39 is 11.7 Å². The molecule has 41 heavy (non-hydrogen) atoms. The highest BCUT2D eigenvalue weighted by Crippen LogP contribution is 2.35. The van der Waals surface area contributed by atoms with Gasteiger partial charge in [0.15, 0.2) is 0 Å². The lowest BCUT2D eigenvalue weighted by Crippen LogP contribution is -2.28. The van der Waals surface area contributed by atoms with Crippen molar-refractivity contribution in [2.24, 2.45) is 16.3 Å². The summed E-state index contributed by atoms with van der Waals surface area (Å²) >= 11 is 0. The second-order valence-electron chi connectivity index (χ2n) is 12.0. The van der Waals surface area contributed by atoms with Crippen LogP contribution in [-0.4, -0.2) is 25.6 Å². The van der Waals surface area contributed by atoms with Crippen molar-refractivity contribution in [3.63, 3.8) is 0 Å². The number of fused-ring (bicyclic) bond motifs is 1. The highest BCUT2D eigenvalue weighted by molar-refractivity contribution is 5.85. The van der Waals surface area contributed by atoms with Crippen LogP contribution < -0.4 is 21.9 Å². The molecule has 218 valence electrons. The Kier molecular flexibility index (Phi) is 7.99. The molecule has 0 spiro atoms.